The van der Waals surface area contributed by atoms with E-state index in [9.17, 15) is 14.4 Å². The lowest BCUT2D eigenvalue weighted by Gasteiger charge is -2.43. The number of piperidine rings is 1. The van der Waals surface area contributed by atoms with E-state index in [1.165, 1.54) is 0 Å². The van der Waals surface area contributed by atoms with Gasteiger partial charge in [0.2, 0.25) is 0 Å². The number of carbonyl (C=O) groups excluding carboxylic acids is 2. The summed E-state index contributed by atoms with van der Waals surface area (Å²) < 4.78 is 7.52. The molecule has 2 bridgehead atoms. The molecular weight excluding hydrogens is 549 g/mol. The van der Waals surface area contributed by atoms with Crippen LogP contribution in [0.15, 0.2) is 71.2 Å². The van der Waals surface area contributed by atoms with Gasteiger partial charge in [-0.25, -0.2) is 0 Å². The Bertz CT molecular complexity index is 1500. The van der Waals surface area contributed by atoms with Crippen molar-refractivity contribution < 1.29 is 14.3 Å². The number of nitrogens with one attached hydrogen (secondary N) is 1. The minimum atomic E-state index is -0.424. The number of benzene rings is 2. The molecule has 1 aromatic heterocycles. The second-order valence-corrected chi connectivity index (χ2v) is 11.1. The van der Waals surface area contributed by atoms with Gasteiger partial charge in [0, 0.05) is 42.9 Å². The molecule has 40 heavy (non-hydrogen) atoms. The van der Waals surface area contributed by atoms with Crippen molar-refractivity contribution in [1.82, 2.24) is 14.8 Å². The average Bonchev–Trinajstić information content (AvgIpc) is 2.95. The lowest BCUT2D eigenvalue weighted by Crippen LogP contribution is -2.50. The average molecular weight is 581 g/mol. The molecule has 0 aliphatic carbocycles. The number of carbonyl (C=O) groups is 2. The van der Waals surface area contributed by atoms with Crippen molar-refractivity contribution in [1.29, 1.82) is 0 Å². The number of ether oxygens (including phenoxy) is 1. The second-order valence-electron chi connectivity index (χ2n) is 10.3. The minimum Gasteiger partial charge on any atom is -0.494 e. The Morgan fingerprint density at radius 1 is 1.02 bits per heavy atom. The monoisotopic (exact) mass is 579 g/mol. The van der Waals surface area contributed by atoms with Gasteiger partial charge >= 0.3 is 0 Å². The summed E-state index contributed by atoms with van der Waals surface area (Å²) >= 11 is 12.7. The number of nitrogens with zero attached hydrogens (tertiary/aromatic N) is 2. The van der Waals surface area contributed by atoms with Crippen LogP contribution in [0, 0.1) is 5.92 Å². The molecule has 7 nitrogen and oxygen atoms in total. The Morgan fingerprint density at radius 2 is 1.80 bits per heavy atom. The van der Waals surface area contributed by atoms with Gasteiger partial charge in [-0.3, -0.25) is 14.4 Å². The van der Waals surface area contributed by atoms with Crippen molar-refractivity contribution in [2.24, 2.45) is 5.92 Å². The second kappa shape index (κ2) is 12.3. The van der Waals surface area contributed by atoms with Crippen molar-refractivity contribution >= 4 is 41.1 Å². The highest BCUT2D eigenvalue weighted by Crippen LogP contribution is 2.35. The zero-order chi connectivity index (χ0) is 28.2. The third kappa shape index (κ3) is 6.11. The smallest absolute Gasteiger partial charge is 0.270 e. The summed E-state index contributed by atoms with van der Waals surface area (Å²) in [7, 11) is 0. The number of hydrogen-bond acceptors (Lipinski definition) is 4. The maximum absolute atomic E-state index is 14.0. The van der Waals surface area contributed by atoms with E-state index in [-0.39, 0.29) is 29.0 Å². The van der Waals surface area contributed by atoms with Crippen LogP contribution in [0.3, 0.4) is 0 Å². The summed E-state index contributed by atoms with van der Waals surface area (Å²) in [6, 6.07) is 17.3. The van der Waals surface area contributed by atoms with E-state index in [1.54, 1.807) is 65.6 Å². The first-order chi connectivity index (χ1) is 19.3. The summed E-state index contributed by atoms with van der Waals surface area (Å²) in [6.45, 7) is 4.19. The molecule has 0 saturated carbocycles. The van der Waals surface area contributed by atoms with Crippen molar-refractivity contribution in [3.63, 3.8) is 0 Å². The number of likely N-dealkylation sites (tertiary alicyclic amines) is 1. The number of pyridine rings is 1. The SMILES string of the molecule is CCCCOc1ccc(C(=O)N/C(=C\c2cccc(Cl)c2Cl)C(=O)N2CC3CC(C2)c2cccc(=O)n2C3)cc1. The summed E-state index contributed by atoms with van der Waals surface area (Å²) in [5.74, 6) is 0.124. The Balaban J connectivity index is 1.40. The minimum absolute atomic E-state index is 0.0165. The van der Waals surface area contributed by atoms with Gasteiger partial charge in [0.15, 0.2) is 0 Å². The maximum atomic E-state index is 14.0. The van der Waals surface area contributed by atoms with Crippen molar-refractivity contribution in [3.05, 3.63) is 104 Å². The molecule has 9 heteroatoms. The van der Waals surface area contributed by atoms with E-state index >= 15 is 0 Å². The lowest BCUT2D eigenvalue weighted by molar-refractivity contribution is -0.130. The first-order valence-corrected chi connectivity index (χ1v) is 14.3. The molecule has 2 aliphatic rings. The molecule has 2 amide bonds. The molecule has 0 spiro atoms. The quantitative estimate of drug-likeness (QED) is 0.272. The van der Waals surface area contributed by atoms with E-state index in [2.05, 4.69) is 12.2 Å². The third-order valence-electron chi connectivity index (χ3n) is 7.41. The fraction of sp³-hybridized carbons (Fsp3) is 0.323. The largest absolute Gasteiger partial charge is 0.494 e. The van der Waals surface area contributed by atoms with Gasteiger partial charge in [-0.2, -0.15) is 0 Å². The molecule has 2 atom stereocenters. The highest BCUT2D eigenvalue weighted by molar-refractivity contribution is 6.43. The van der Waals surface area contributed by atoms with Crippen LogP contribution >= 0.6 is 23.2 Å². The molecule has 1 fully saturated rings. The summed E-state index contributed by atoms with van der Waals surface area (Å²) in [5.41, 5.74) is 1.93. The van der Waals surface area contributed by atoms with E-state index in [0.717, 1.165) is 25.0 Å². The topological polar surface area (TPSA) is 80.6 Å². The van der Waals surface area contributed by atoms with Gasteiger partial charge in [0.25, 0.3) is 17.4 Å². The molecule has 208 valence electrons. The van der Waals surface area contributed by atoms with E-state index in [1.807, 2.05) is 10.6 Å². The summed E-state index contributed by atoms with van der Waals surface area (Å²) in [5, 5.41) is 3.47. The van der Waals surface area contributed by atoms with Gasteiger partial charge in [0.05, 0.1) is 16.7 Å². The van der Waals surface area contributed by atoms with Gasteiger partial charge in [-0.15, -0.1) is 0 Å². The molecule has 3 heterocycles. The number of fused-ring (bicyclic) bond motifs is 4. The Morgan fingerprint density at radius 3 is 2.58 bits per heavy atom. The number of amides is 2. The first kappa shape index (κ1) is 28.0. The Kier molecular flexibility index (Phi) is 8.62. The van der Waals surface area contributed by atoms with E-state index in [0.29, 0.717) is 53.2 Å². The molecule has 2 aromatic carbocycles. The third-order valence-corrected chi connectivity index (χ3v) is 8.24. The molecular formula is C31H31Cl2N3O4. The highest BCUT2D eigenvalue weighted by atomic mass is 35.5. The molecule has 1 N–H and O–H groups in total. The predicted octanol–water partition coefficient (Wildman–Crippen LogP) is 5.75. The van der Waals surface area contributed by atoms with Crippen LogP contribution in [-0.4, -0.2) is 41.0 Å². The zero-order valence-electron chi connectivity index (χ0n) is 22.2. The fourth-order valence-electron chi connectivity index (χ4n) is 5.40. The molecule has 5 rings (SSSR count). The first-order valence-electron chi connectivity index (χ1n) is 13.5. The van der Waals surface area contributed by atoms with Gasteiger partial charge < -0.3 is 19.5 Å². The molecule has 3 aromatic rings. The summed E-state index contributed by atoms with van der Waals surface area (Å²) in [4.78, 5) is 41.4. The standard InChI is InChI=1S/C31H31Cl2N3O4/c1-2-3-14-40-24-12-10-21(11-13-24)30(38)34-26(16-22-6-4-7-25(32)29(22)33)31(39)35-17-20-15-23(19-35)27-8-5-9-28(37)36(27)18-20/h4-13,16,20,23H,2-3,14-15,17-19H2,1H3,(H,34,38)/b26-16-. The Labute approximate surface area is 243 Å². The predicted molar refractivity (Wildman–Crippen MR) is 157 cm³/mol. The van der Waals surface area contributed by atoms with Gasteiger partial charge in [-0.1, -0.05) is 54.7 Å². The number of hydrogen-bond donors (Lipinski definition) is 1. The zero-order valence-corrected chi connectivity index (χ0v) is 23.8. The fourth-order valence-corrected chi connectivity index (χ4v) is 5.77. The van der Waals surface area contributed by atoms with Crippen molar-refractivity contribution in [2.45, 2.75) is 38.6 Å². The van der Waals surface area contributed by atoms with Crippen LogP contribution in [0.2, 0.25) is 10.0 Å². The van der Waals surface area contributed by atoms with Gasteiger partial charge in [0.1, 0.15) is 11.4 Å². The van der Waals surface area contributed by atoms with Crippen LogP contribution in [-0.2, 0) is 11.3 Å². The van der Waals surface area contributed by atoms with Crippen molar-refractivity contribution in [2.75, 3.05) is 19.7 Å². The van der Waals surface area contributed by atoms with Crippen molar-refractivity contribution in [3.8, 4) is 5.75 Å². The molecule has 2 unspecified atom stereocenters. The van der Waals surface area contributed by atoms with Crippen LogP contribution in [0.25, 0.3) is 6.08 Å². The highest BCUT2D eigenvalue weighted by Gasteiger charge is 2.37. The van der Waals surface area contributed by atoms with E-state index < -0.39 is 5.91 Å². The van der Waals surface area contributed by atoms with Gasteiger partial charge in [-0.05, 0) is 66.8 Å². The number of rotatable bonds is 8. The number of aromatic nitrogens is 1. The van der Waals surface area contributed by atoms with E-state index in [4.69, 9.17) is 27.9 Å². The van der Waals surface area contributed by atoms with Crippen LogP contribution < -0.4 is 15.6 Å². The van der Waals surface area contributed by atoms with Crippen LogP contribution in [0.5, 0.6) is 5.75 Å². The number of unbranched alkanes of at least 4 members (excludes halogenated alkanes) is 1. The maximum Gasteiger partial charge on any atom is 0.270 e. The van der Waals surface area contributed by atoms with Crippen LogP contribution in [0.4, 0.5) is 0 Å². The normalized spacial score (nSPS) is 18.2. The van der Waals surface area contributed by atoms with Crippen LogP contribution in [0.1, 0.15) is 53.7 Å². The summed E-state index contributed by atoms with van der Waals surface area (Å²) in [6.07, 6.45) is 4.46. The molecule has 2 aliphatic heterocycles. The molecule has 1 saturated heterocycles. The Hall–Kier alpha value is -3.55. The molecule has 0 radical (unpaired) electrons. The lowest BCUT2D eigenvalue weighted by atomic mass is 9.83. The number of halogens is 2.